The lowest BCUT2D eigenvalue weighted by Crippen LogP contribution is -2.67. The Kier molecular flexibility index (Phi) is 6.18. The van der Waals surface area contributed by atoms with Gasteiger partial charge in [-0.25, -0.2) is 0 Å². The third kappa shape index (κ3) is 3.21. The minimum absolute atomic E-state index is 0.00407. The highest BCUT2D eigenvalue weighted by Gasteiger charge is 2.71. The average molecular weight is 498 g/mol. The first-order valence-corrected chi connectivity index (χ1v) is 14.9. The lowest BCUT2D eigenvalue weighted by atomic mass is 9.32. The average Bonchev–Trinajstić information content (AvgIpc) is 3.22. The number of ketones is 1. The van der Waals surface area contributed by atoms with Gasteiger partial charge in [-0.1, -0.05) is 46.8 Å². The number of Topliss-reactive ketones (excluding diaryl/α,β-unsaturated/α-hetero) is 1. The second kappa shape index (κ2) is 8.42. The molecule has 5 aliphatic carbocycles. The predicted octanol–water partition coefficient (Wildman–Crippen LogP) is 6.32. The van der Waals surface area contributed by atoms with Gasteiger partial charge in [-0.3, -0.25) is 9.59 Å². The monoisotopic (exact) mass is 497 g/mol. The number of carbonyl (C=O) groups excluding carboxylic acids is 2. The van der Waals surface area contributed by atoms with E-state index in [1.165, 1.54) is 24.8 Å². The van der Waals surface area contributed by atoms with Crippen molar-refractivity contribution in [3.63, 3.8) is 0 Å². The summed E-state index contributed by atoms with van der Waals surface area (Å²) < 4.78 is 0. The van der Waals surface area contributed by atoms with Gasteiger partial charge in [0.25, 0.3) is 0 Å². The van der Waals surface area contributed by atoms with E-state index in [9.17, 15) is 14.7 Å². The molecule has 5 fully saturated rings. The van der Waals surface area contributed by atoms with Crippen molar-refractivity contribution in [2.45, 2.75) is 106 Å². The van der Waals surface area contributed by atoms with Gasteiger partial charge in [0.15, 0.2) is 0 Å². The lowest BCUT2D eigenvalue weighted by Gasteiger charge is -2.72. The molecule has 0 bridgehead atoms. The van der Waals surface area contributed by atoms with E-state index in [0.717, 1.165) is 44.9 Å². The van der Waals surface area contributed by atoms with Crippen LogP contribution in [0.5, 0.6) is 0 Å². The number of carbonyl (C=O) groups is 2. The molecule has 202 valence electrons. The fourth-order valence-electron chi connectivity index (χ4n) is 11.7. The molecule has 4 heteroatoms. The van der Waals surface area contributed by atoms with Gasteiger partial charge < -0.3 is 10.4 Å². The van der Waals surface area contributed by atoms with Gasteiger partial charge in [-0.05, 0) is 111 Å². The number of allylic oxidation sites excluding steroid dienone is 1. The summed E-state index contributed by atoms with van der Waals surface area (Å²) in [5, 5.41) is 12.5. The Hall–Kier alpha value is -1.16. The summed E-state index contributed by atoms with van der Waals surface area (Å²) in [4.78, 5) is 26.7. The fourth-order valence-corrected chi connectivity index (χ4v) is 11.7. The number of nitrogens with one attached hydrogen (secondary N) is 1. The molecule has 5 saturated carbocycles. The molecular formula is C32H51NO3. The summed E-state index contributed by atoms with van der Waals surface area (Å²) in [5.74, 6) is 3.05. The van der Waals surface area contributed by atoms with Crippen LogP contribution in [0.2, 0.25) is 0 Å². The predicted molar refractivity (Wildman–Crippen MR) is 144 cm³/mol. The van der Waals surface area contributed by atoms with E-state index in [4.69, 9.17) is 0 Å². The standard InChI is InChI=1S/C32H51NO3/c1-20(2)21-10-15-32(27(36)33-18-19-34)17-16-30(6)22(26(21)32)8-9-24-29(5)13-12-25(35)28(3,4)23(29)11-14-31(24,30)7/h21-24,26,34H,1,8-19H2,2-7H3,(H,33,36)/t21?,22?,23?,24?,26?,29-,30-,31+,32-/m0/s1. The van der Waals surface area contributed by atoms with Gasteiger partial charge in [-0.2, -0.15) is 0 Å². The third-order valence-electron chi connectivity index (χ3n) is 13.7. The van der Waals surface area contributed by atoms with Crippen molar-refractivity contribution in [1.29, 1.82) is 0 Å². The van der Waals surface area contributed by atoms with Crippen molar-refractivity contribution in [3.8, 4) is 0 Å². The van der Waals surface area contributed by atoms with E-state index in [1.807, 2.05) is 0 Å². The summed E-state index contributed by atoms with van der Waals surface area (Å²) in [7, 11) is 0. The van der Waals surface area contributed by atoms with Crippen LogP contribution in [0.25, 0.3) is 0 Å². The zero-order chi connectivity index (χ0) is 26.3. The number of aliphatic hydroxyl groups excluding tert-OH is 1. The van der Waals surface area contributed by atoms with Gasteiger partial charge in [-0.15, -0.1) is 0 Å². The molecule has 4 nitrogen and oxygen atoms in total. The maximum Gasteiger partial charge on any atom is 0.226 e. The Morgan fingerprint density at radius 3 is 2.33 bits per heavy atom. The zero-order valence-electron chi connectivity index (χ0n) is 23.8. The molecule has 5 rings (SSSR count). The van der Waals surface area contributed by atoms with Crippen LogP contribution in [0, 0.1) is 56.7 Å². The number of fused-ring (bicyclic) bond motifs is 7. The second-order valence-corrected chi connectivity index (χ2v) is 15.0. The number of amides is 1. The van der Waals surface area contributed by atoms with E-state index in [-0.39, 0.29) is 39.6 Å². The molecule has 5 unspecified atom stereocenters. The van der Waals surface area contributed by atoms with Gasteiger partial charge in [0, 0.05) is 18.4 Å². The van der Waals surface area contributed by atoms with Gasteiger partial charge in [0.05, 0.1) is 12.0 Å². The van der Waals surface area contributed by atoms with Crippen LogP contribution in [0.1, 0.15) is 106 Å². The molecule has 36 heavy (non-hydrogen) atoms. The normalized spacial score (nSPS) is 49.3. The maximum absolute atomic E-state index is 13.7. The van der Waals surface area contributed by atoms with Crippen LogP contribution in [-0.4, -0.2) is 29.9 Å². The van der Waals surface area contributed by atoms with Crippen molar-refractivity contribution in [2.75, 3.05) is 13.2 Å². The third-order valence-corrected chi connectivity index (χ3v) is 13.7. The molecule has 0 heterocycles. The molecule has 2 N–H and O–H groups in total. The number of rotatable bonds is 4. The topological polar surface area (TPSA) is 66.4 Å². The minimum Gasteiger partial charge on any atom is -0.395 e. The second-order valence-electron chi connectivity index (χ2n) is 15.0. The molecule has 5 aliphatic rings. The smallest absolute Gasteiger partial charge is 0.226 e. The Bertz CT molecular complexity index is 955. The van der Waals surface area contributed by atoms with E-state index in [2.05, 4.69) is 53.4 Å². The molecular weight excluding hydrogens is 446 g/mol. The molecule has 0 aromatic rings. The van der Waals surface area contributed by atoms with E-state index >= 15 is 0 Å². The van der Waals surface area contributed by atoms with Crippen molar-refractivity contribution < 1.29 is 14.7 Å². The number of hydrogen-bond acceptors (Lipinski definition) is 3. The first kappa shape index (κ1) is 26.4. The maximum atomic E-state index is 13.7. The van der Waals surface area contributed by atoms with Gasteiger partial charge in [0.1, 0.15) is 5.78 Å². The molecule has 0 spiro atoms. The lowest BCUT2D eigenvalue weighted by molar-refractivity contribution is -0.233. The SMILES string of the molecule is C=C(C)C1CC[C@]2(C(=O)NCCO)CC[C@@]3(C)C(CCC4[C@@]5(C)CCC(=O)C(C)(C)C5CC[C@]43C)C12. The Balaban J connectivity index is 1.54. The summed E-state index contributed by atoms with van der Waals surface area (Å²) in [6.07, 6.45) is 10.6. The first-order chi connectivity index (χ1) is 16.8. The molecule has 0 saturated heterocycles. The highest BCUT2D eigenvalue weighted by atomic mass is 16.3. The number of aliphatic hydroxyl groups is 1. The largest absolute Gasteiger partial charge is 0.395 e. The van der Waals surface area contributed by atoms with Gasteiger partial charge >= 0.3 is 0 Å². The van der Waals surface area contributed by atoms with Crippen LogP contribution in [0.15, 0.2) is 12.2 Å². The fraction of sp³-hybridized carbons (Fsp3) is 0.875. The number of hydrogen-bond donors (Lipinski definition) is 2. The molecule has 0 aliphatic heterocycles. The summed E-state index contributed by atoms with van der Waals surface area (Å²) in [5.41, 5.74) is 1.36. The molecule has 0 aromatic heterocycles. The Morgan fingerprint density at radius 1 is 0.944 bits per heavy atom. The van der Waals surface area contributed by atoms with Crippen molar-refractivity contribution >= 4 is 11.7 Å². The Morgan fingerprint density at radius 2 is 1.67 bits per heavy atom. The Labute approximate surface area is 219 Å². The van der Waals surface area contributed by atoms with Crippen LogP contribution in [0.4, 0.5) is 0 Å². The quantitative estimate of drug-likeness (QED) is 0.447. The van der Waals surface area contributed by atoms with Crippen molar-refractivity contribution in [2.24, 2.45) is 56.7 Å². The summed E-state index contributed by atoms with van der Waals surface area (Å²) in [6.45, 7) is 19.1. The molecule has 0 aromatic carbocycles. The zero-order valence-corrected chi connectivity index (χ0v) is 23.8. The minimum atomic E-state index is -0.313. The highest BCUT2D eigenvalue weighted by Crippen LogP contribution is 2.77. The molecule has 0 radical (unpaired) electrons. The molecule has 9 atom stereocenters. The van der Waals surface area contributed by atoms with E-state index in [1.54, 1.807) is 0 Å². The van der Waals surface area contributed by atoms with E-state index in [0.29, 0.717) is 41.9 Å². The van der Waals surface area contributed by atoms with E-state index < -0.39 is 0 Å². The molecule has 1 amide bonds. The van der Waals surface area contributed by atoms with Crippen LogP contribution in [0.3, 0.4) is 0 Å². The van der Waals surface area contributed by atoms with Crippen LogP contribution >= 0.6 is 0 Å². The van der Waals surface area contributed by atoms with Crippen molar-refractivity contribution in [1.82, 2.24) is 5.32 Å². The van der Waals surface area contributed by atoms with Crippen molar-refractivity contribution in [3.05, 3.63) is 12.2 Å². The first-order valence-electron chi connectivity index (χ1n) is 14.9. The summed E-state index contributed by atoms with van der Waals surface area (Å²) in [6, 6.07) is 0. The van der Waals surface area contributed by atoms with Gasteiger partial charge in [0.2, 0.25) is 5.91 Å². The van der Waals surface area contributed by atoms with Crippen LogP contribution < -0.4 is 5.32 Å². The highest BCUT2D eigenvalue weighted by molar-refractivity contribution is 5.85. The van der Waals surface area contributed by atoms with Crippen LogP contribution in [-0.2, 0) is 9.59 Å². The summed E-state index contributed by atoms with van der Waals surface area (Å²) >= 11 is 0.